The summed E-state index contributed by atoms with van der Waals surface area (Å²) in [5.41, 5.74) is 1.35. The molecule has 0 unspecified atom stereocenters. The predicted molar refractivity (Wildman–Crippen MR) is 64.3 cm³/mol. The molecule has 5 heteroatoms. The van der Waals surface area contributed by atoms with Crippen LogP contribution in [0.5, 0.6) is 5.75 Å². The smallest absolute Gasteiger partial charge is 0.267 e. The highest BCUT2D eigenvalue weighted by Gasteiger charge is 2.08. The number of aliphatic hydroxyl groups excluding tert-OH is 1. The highest BCUT2D eigenvalue weighted by atomic mass is 16.5. The first-order chi connectivity index (χ1) is 8.24. The van der Waals surface area contributed by atoms with E-state index in [0.717, 1.165) is 16.7 Å². The van der Waals surface area contributed by atoms with Crippen molar-refractivity contribution in [1.82, 2.24) is 10.3 Å². The lowest BCUT2D eigenvalue weighted by atomic mass is 10.2. The van der Waals surface area contributed by atoms with Gasteiger partial charge in [-0.25, -0.2) is 0 Å². The molecule has 2 rings (SSSR count). The van der Waals surface area contributed by atoms with Crippen LogP contribution < -0.4 is 10.1 Å². The van der Waals surface area contributed by atoms with Crippen LogP contribution in [0.25, 0.3) is 10.9 Å². The zero-order chi connectivity index (χ0) is 12.3. The van der Waals surface area contributed by atoms with E-state index in [9.17, 15) is 4.79 Å². The Morgan fingerprint density at radius 1 is 1.47 bits per heavy atom. The highest BCUT2D eigenvalue weighted by molar-refractivity contribution is 5.98. The van der Waals surface area contributed by atoms with Crippen molar-refractivity contribution in [3.8, 4) is 5.75 Å². The van der Waals surface area contributed by atoms with Gasteiger partial charge in [0, 0.05) is 17.4 Å². The van der Waals surface area contributed by atoms with Crippen molar-refractivity contribution in [1.29, 1.82) is 0 Å². The number of carbonyl (C=O) groups excluding carboxylic acids is 1. The molecule has 1 amide bonds. The van der Waals surface area contributed by atoms with Crippen LogP contribution in [0, 0.1) is 0 Å². The average molecular weight is 234 g/mol. The number of rotatable bonds is 4. The Morgan fingerprint density at radius 2 is 2.29 bits per heavy atom. The second-order valence-electron chi connectivity index (χ2n) is 3.62. The van der Waals surface area contributed by atoms with Crippen LogP contribution in [0.3, 0.4) is 0 Å². The van der Waals surface area contributed by atoms with Gasteiger partial charge in [-0.05, 0) is 24.3 Å². The van der Waals surface area contributed by atoms with Gasteiger partial charge in [-0.2, -0.15) is 0 Å². The highest BCUT2D eigenvalue weighted by Crippen LogP contribution is 2.21. The summed E-state index contributed by atoms with van der Waals surface area (Å²) in [5.74, 6) is 0.521. The Bertz CT molecular complexity index is 534. The molecule has 0 aliphatic carbocycles. The van der Waals surface area contributed by atoms with Gasteiger partial charge in [-0.15, -0.1) is 0 Å². The molecule has 0 saturated heterocycles. The summed E-state index contributed by atoms with van der Waals surface area (Å²) < 4.78 is 5.11. The summed E-state index contributed by atoms with van der Waals surface area (Å²) in [6.45, 7) is 0.178. The first kappa shape index (κ1) is 11.5. The van der Waals surface area contributed by atoms with Crippen molar-refractivity contribution < 1.29 is 14.6 Å². The maximum absolute atomic E-state index is 11.6. The van der Waals surface area contributed by atoms with Crippen molar-refractivity contribution in [2.45, 2.75) is 0 Å². The van der Waals surface area contributed by atoms with Gasteiger partial charge >= 0.3 is 0 Å². The fraction of sp³-hybridized carbons (Fsp3) is 0.250. The van der Waals surface area contributed by atoms with Crippen LogP contribution in [-0.4, -0.2) is 36.3 Å². The molecule has 0 spiro atoms. The lowest BCUT2D eigenvalue weighted by molar-refractivity contribution is 0.0940. The zero-order valence-electron chi connectivity index (χ0n) is 9.49. The first-order valence-electron chi connectivity index (χ1n) is 5.30. The van der Waals surface area contributed by atoms with Crippen molar-refractivity contribution in [2.75, 3.05) is 20.3 Å². The maximum Gasteiger partial charge on any atom is 0.267 e. The van der Waals surface area contributed by atoms with Gasteiger partial charge < -0.3 is 20.1 Å². The molecule has 2 aromatic rings. The fourth-order valence-electron chi connectivity index (χ4n) is 1.62. The molecule has 0 fully saturated rings. The predicted octanol–water partition coefficient (Wildman–Crippen LogP) is 0.899. The zero-order valence-corrected chi connectivity index (χ0v) is 9.49. The molecule has 0 atom stereocenters. The normalized spacial score (nSPS) is 10.5. The SMILES string of the molecule is COc1ccc2[nH]c(C(=O)NCCO)cc2c1. The number of hydrogen-bond acceptors (Lipinski definition) is 3. The Balaban J connectivity index is 2.28. The average Bonchev–Trinajstić information content (AvgIpc) is 2.78. The molecule has 0 aliphatic rings. The van der Waals surface area contributed by atoms with Crippen LogP contribution in [-0.2, 0) is 0 Å². The standard InChI is InChI=1S/C12H14N2O3/c1-17-9-2-3-10-8(6-9)7-11(14-10)12(16)13-4-5-15/h2-3,6-7,14-15H,4-5H2,1H3,(H,13,16). The summed E-state index contributed by atoms with van der Waals surface area (Å²) >= 11 is 0. The number of methoxy groups -OCH3 is 1. The van der Waals surface area contributed by atoms with Crippen molar-refractivity contribution in [3.05, 3.63) is 30.0 Å². The summed E-state index contributed by atoms with van der Waals surface area (Å²) in [6.07, 6.45) is 0. The fourth-order valence-corrected chi connectivity index (χ4v) is 1.62. The second kappa shape index (κ2) is 4.88. The van der Waals surface area contributed by atoms with E-state index in [2.05, 4.69) is 10.3 Å². The largest absolute Gasteiger partial charge is 0.497 e. The number of benzene rings is 1. The van der Waals surface area contributed by atoms with Crippen LogP contribution in [0.1, 0.15) is 10.5 Å². The number of nitrogens with one attached hydrogen (secondary N) is 2. The molecule has 17 heavy (non-hydrogen) atoms. The van der Waals surface area contributed by atoms with Crippen LogP contribution >= 0.6 is 0 Å². The first-order valence-corrected chi connectivity index (χ1v) is 5.30. The van der Waals surface area contributed by atoms with Crippen molar-refractivity contribution >= 4 is 16.8 Å². The van der Waals surface area contributed by atoms with E-state index in [1.165, 1.54) is 0 Å². The molecule has 5 nitrogen and oxygen atoms in total. The van der Waals surface area contributed by atoms with Crippen molar-refractivity contribution in [2.24, 2.45) is 0 Å². The van der Waals surface area contributed by atoms with Crippen LogP contribution in [0.4, 0.5) is 0 Å². The van der Waals surface area contributed by atoms with E-state index in [1.54, 1.807) is 13.2 Å². The maximum atomic E-state index is 11.6. The van der Waals surface area contributed by atoms with E-state index in [1.807, 2.05) is 18.2 Å². The minimum absolute atomic E-state index is 0.0697. The van der Waals surface area contributed by atoms with Crippen molar-refractivity contribution in [3.63, 3.8) is 0 Å². The molecule has 1 aromatic heterocycles. The van der Waals surface area contributed by atoms with Gasteiger partial charge in [0.1, 0.15) is 11.4 Å². The number of amides is 1. The Labute approximate surface area is 98.4 Å². The molecule has 1 heterocycles. The quantitative estimate of drug-likeness (QED) is 0.735. The second-order valence-corrected chi connectivity index (χ2v) is 3.62. The number of fused-ring (bicyclic) bond motifs is 1. The third-order valence-corrected chi connectivity index (χ3v) is 2.47. The number of aliphatic hydroxyl groups is 1. The van der Waals surface area contributed by atoms with Gasteiger partial charge in [0.15, 0.2) is 0 Å². The number of aromatic amines is 1. The number of H-pyrrole nitrogens is 1. The third-order valence-electron chi connectivity index (χ3n) is 2.47. The Morgan fingerprint density at radius 3 is 3.00 bits per heavy atom. The lowest BCUT2D eigenvalue weighted by Gasteiger charge is -1.99. The third kappa shape index (κ3) is 2.39. The van der Waals surface area contributed by atoms with Gasteiger partial charge in [0.05, 0.1) is 13.7 Å². The summed E-state index contributed by atoms with van der Waals surface area (Å²) in [5, 5.41) is 12.1. The molecule has 90 valence electrons. The van der Waals surface area contributed by atoms with E-state index < -0.39 is 0 Å². The molecular formula is C12H14N2O3. The molecular weight excluding hydrogens is 220 g/mol. The van der Waals surface area contributed by atoms with E-state index in [0.29, 0.717) is 5.69 Å². The summed E-state index contributed by atoms with van der Waals surface area (Å²) in [4.78, 5) is 14.6. The molecule has 1 aromatic carbocycles. The van der Waals surface area contributed by atoms with Crippen LogP contribution in [0.2, 0.25) is 0 Å². The van der Waals surface area contributed by atoms with E-state index in [4.69, 9.17) is 9.84 Å². The van der Waals surface area contributed by atoms with E-state index >= 15 is 0 Å². The van der Waals surface area contributed by atoms with Crippen LogP contribution in [0.15, 0.2) is 24.3 Å². The topological polar surface area (TPSA) is 74.4 Å². The molecule has 0 radical (unpaired) electrons. The van der Waals surface area contributed by atoms with Gasteiger partial charge in [0.25, 0.3) is 5.91 Å². The van der Waals surface area contributed by atoms with Gasteiger partial charge in [0.2, 0.25) is 0 Å². The van der Waals surface area contributed by atoms with Gasteiger partial charge in [-0.1, -0.05) is 0 Å². The minimum atomic E-state index is -0.228. The number of ether oxygens (including phenoxy) is 1. The Kier molecular flexibility index (Phi) is 3.30. The number of carbonyl (C=O) groups is 1. The number of aromatic nitrogens is 1. The molecule has 0 saturated carbocycles. The molecule has 0 aliphatic heterocycles. The Hall–Kier alpha value is -2.01. The van der Waals surface area contributed by atoms with Gasteiger partial charge in [-0.3, -0.25) is 4.79 Å². The number of hydrogen-bond donors (Lipinski definition) is 3. The van der Waals surface area contributed by atoms with E-state index in [-0.39, 0.29) is 19.1 Å². The molecule has 0 bridgehead atoms. The lowest BCUT2D eigenvalue weighted by Crippen LogP contribution is -2.26. The summed E-state index contributed by atoms with van der Waals surface area (Å²) in [7, 11) is 1.60. The monoisotopic (exact) mass is 234 g/mol. The molecule has 3 N–H and O–H groups in total. The summed E-state index contributed by atoms with van der Waals surface area (Å²) in [6, 6.07) is 7.30. The minimum Gasteiger partial charge on any atom is -0.497 e.